The number of nitrogens with two attached hydrogens (primary N) is 1. The number of thiazole rings is 1. The molecule has 2 atom stereocenters. The maximum absolute atomic E-state index is 11.9. The Morgan fingerprint density at radius 2 is 1.89 bits per heavy atom. The molecule has 1 aromatic heterocycles. The van der Waals surface area contributed by atoms with Crippen LogP contribution in [0.4, 0.5) is 0 Å². The monoisotopic (exact) mass is 284 g/mol. The summed E-state index contributed by atoms with van der Waals surface area (Å²) in [6, 6.07) is -0.764. The number of carbonyl (C=O) groups is 2. The lowest BCUT2D eigenvalue weighted by molar-refractivity contribution is -0.123. The second-order valence-electron chi connectivity index (χ2n) is 4.72. The van der Waals surface area contributed by atoms with E-state index >= 15 is 0 Å². The minimum absolute atomic E-state index is 0.0378. The van der Waals surface area contributed by atoms with Crippen molar-refractivity contribution in [3.63, 3.8) is 0 Å². The molecule has 0 aliphatic rings. The summed E-state index contributed by atoms with van der Waals surface area (Å²) in [5.74, 6) is -0.583. The Morgan fingerprint density at radius 3 is 2.37 bits per heavy atom. The van der Waals surface area contributed by atoms with Gasteiger partial charge in [0.05, 0.1) is 6.04 Å². The van der Waals surface area contributed by atoms with Crippen LogP contribution >= 0.6 is 11.3 Å². The normalized spacial score (nSPS) is 14.0. The molecule has 6 nitrogen and oxygen atoms in total. The van der Waals surface area contributed by atoms with Gasteiger partial charge in [0.25, 0.3) is 5.91 Å². The van der Waals surface area contributed by atoms with Gasteiger partial charge in [-0.1, -0.05) is 0 Å². The summed E-state index contributed by atoms with van der Waals surface area (Å²) in [4.78, 5) is 27.7. The Bertz CT molecular complexity index is 456. The van der Waals surface area contributed by atoms with Crippen LogP contribution in [0.25, 0.3) is 0 Å². The fourth-order valence-corrected chi connectivity index (χ4v) is 2.10. The van der Waals surface area contributed by atoms with Crippen LogP contribution in [-0.4, -0.2) is 28.9 Å². The number of amides is 2. The zero-order valence-electron chi connectivity index (χ0n) is 11.6. The van der Waals surface area contributed by atoms with Crippen molar-refractivity contribution < 1.29 is 9.59 Å². The summed E-state index contributed by atoms with van der Waals surface area (Å²) in [6.45, 7) is 7.16. The van der Waals surface area contributed by atoms with Crippen LogP contribution in [0.15, 0.2) is 5.38 Å². The highest BCUT2D eigenvalue weighted by atomic mass is 32.1. The van der Waals surface area contributed by atoms with Crippen LogP contribution in [0, 0.1) is 0 Å². The average Bonchev–Trinajstić information content (AvgIpc) is 2.77. The highest BCUT2D eigenvalue weighted by Crippen LogP contribution is 2.15. The molecule has 2 amide bonds. The quantitative estimate of drug-likeness (QED) is 0.745. The molecule has 4 N–H and O–H groups in total. The van der Waals surface area contributed by atoms with Crippen molar-refractivity contribution in [2.75, 3.05) is 0 Å². The number of hydrogen-bond acceptors (Lipinski definition) is 5. The number of nitrogens with zero attached hydrogens (tertiary/aromatic N) is 1. The van der Waals surface area contributed by atoms with Crippen molar-refractivity contribution in [2.24, 2.45) is 5.73 Å². The van der Waals surface area contributed by atoms with Crippen molar-refractivity contribution in [2.45, 2.75) is 45.8 Å². The molecular formula is C12H20N4O2S. The zero-order chi connectivity index (χ0) is 14.6. The van der Waals surface area contributed by atoms with Crippen LogP contribution in [0.3, 0.4) is 0 Å². The largest absolute Gasteiger partial charge is 0.352 e. The third-order valence-corrected chi connectivity index (χ3v) is 3.36. The molecule has 19 heavy (non-hydrogen) atoms. The first-order valence-corrected chi connectivity index (χ1v) is 7.01. The first-order chi connectivity index (χ1) is 8.81. The minimum Gasteiger partial charge on any atom is -0.352 e. The molecule has 0 spiro atoms. The molecule has 1 rings (SSSR count). The van der Waals surface area contributed by atoms with Crippen LogP contribution < -0.4 is 16.4 Å². The van der Waals surface area contributed by atoms with Gasteiger partial charge < -0.3 is 16.4 Å². The third kappa shape index (κ3) is 4.60. The molecule has 0 aliphatic heterocycles. The van der Waals surface area contributed by atoms with Gasteiger partial charge in [-0.3, -0.25) is 9.59 Å². The van der Waals surface area contributed by atoms with Gasteiger partial charge in [-0.2, -0.15) is 0 Å². The van der Waals surface area contributed by atoms with E-state index in [1.54, 1.807) is 19.2 Å². The standard InChI is InChI=1S/C12H20N4O2S/c1-6(2)14-10(17)8(4)15-11(18)9-5-19-12(16-9)7(3)13/h5-8H,13H2,1-4H3,(H,14,17)(H,15,18). The van der Waals surface area contributed by atoms with Gasteiger partial charge in [0.15, 0.2) is 0 Å². The van der Waals surface area contributed by atoms with Gasteiger partial charge in [0.2, 0.25) is 5.91 Å². The Labute approximate surface area is 116 Å². The lowest BCUT2D eigenvalue weighted by Gasteiger charge is -2.15. The fraction of sp³-hybridized carbons (Fsp3) is 0.583. The van der Waals surface area contributed by atoms with E-state index in [1.807, 2.05) is 13.8 Å². The molecule has 0 bridgehead atoms. The van der Waals surface area contributed by atoms with E-state index in [9.17, 15) is 9.59 Å². The summed E-state index contributed by atoms with van der Waals surface area (Å²) in [5.41, 5.74) is 5.98. The molecule has 1 aromatic rings. The van der Waals surface area contributed by atoms with Gasteiger partial charge in [-0.15, -0.1) is 11.3 Å². The smallest absolute Gasteiger partial charge is 0.271 e. The molecule has 2 unspecified atom stereocenters. The van der Waals surface area contributed by atoms with Crippen molar-refractivity contribution in [3.8, 4) is 0 Å². The molecule has 106 valence electrons. The predicted octanol–water partition coefficient (Wildman–Crippen LogP) is 0.806. The van der Waals surface area contributed by atoms with E-state index in [-0.39, 0.29) is 23.9 Å². The van der Waals surface area contributed by atoms with Crippen molar-refractivity contribution in [1.29, 1.82) is 0 Å². The molecule has 0 radical (unpaired) electrons. The summed E-state index contributed by atoms with van der Waals surface area (Å²) < 4.78 is 0. The fourth-order valence-electron chi connectivity index (χ4n) is 1.35. The number of rotatable bonds is 5. The number of carbonyl (C=O) groups excluding carboxylic acids is 2. The molecule has 1 heterocycles. The Balaban J connectivity index is 2.61. The second kappa shape index (κ2) is 6.63. The predicted molar refractivity (Wildman–Crippen MR) is 74.9 cm³/mol. The van der Waals surface area contributed by atoms with Crippen LogP contribution in [0.2, 0.25) is 0 Å². The average molecular weight is 284 g/mol. The summed E-state index contributed by atoms with van der Waals surface area (Å²) in [5, 5.41) is 7.68. The summed E-state index contributed by atoms with van der Waals surface area (Å²) >= 11 is 1.33. The Morgan fingerprint density at radius 1 is 1.26 bits per heavy atom. The van der Waals surface area contributed by atoms with E-state index in [4.69, 9.17) is 5.73 Å². The second-order valence-corrected chi connectivity index (χ2v) is 5.61. The van der Waals surface area contributed by atoms with E-state index in [1.165, 1.54) is 11.3 Å². The molecule has 7 heteroatoms. The van der Waals surface area contributed by atoms with E-state index < -0.39 is 6.04 Å². The number of nitrogens with one attached hydrogen (secondary N) is 2. The SMILES string of the molecule is CC(C)NC(=O)C(C)NC(=O)c1csc(C(C)N)n1. The molecular weight excluding hydrogens is 264 g/mol. The van der Waals surface area contributed by atoms with Gasteiger partial charge in [-0.25, -0.2) is 4.98 Å². The number of aromatic nitrogens is 1. The highest BCUT2D eigenvalue weighted by Gasteiger charge is 2.19. The summed E-state index contributed by atoms with van der Waals surface area (Å²) in [6.07, 6.45) is 0. The van der Waals surface area contributed by atoms with Crippen LogP contribution in [0.5, 0.6) is 0 Å². The summed E-state index contributed by atoms with van der Waals surface area (Å²) in [7, 11) is 0. The first-order valence-electron chi connectivity index (χ1n) is 6.13. The van der Waals surface area contributed by atoms with Crippen molar-refractivity contribution in [1.82, 2.24) is 15.6 Å². The van der Waals surface area contributed by atoms with Gasteiger partial charge >= 0.3 is 0 Å². The van der Waals surface area contributed by atoms with E-state index in [0.29, 0.717) is 10.7 Å². The molecule has 0 saturated carbocycles. The van der Waals surface area contributed by atoms with Gasteiger partial charge in [-0.05, 0) is 27.7 Å². The maximum Gasteiger partial charge on any atom is 0.271 e. The highest BCUT2D eigenvalue weighted by molar-refractivity contribution is 7.09. The lowest BCUT2D eigenvalue weighted by atomic mass is 10.2. The van der Waals surface area contributed by atoms with Crippen molar-refractivity contribution in [3.05, 3.63) is 16.1 Å². The van der Waals surface area contributed by atoms with E-state index in [2.05, 4.69) is 15.6 Å². The topological polar surface area (TPSA) is 97.1 Å². The van der Waals surface area contributed by atoms with Crippen LogP contribution in [0.1, 0.15) is 49.2 Å². The Hall–Kier alpha value is -1.47. The van der Waals surface area contributed by atoms with Crippen LogP contribution in [-0.2, 0) is 4.79 Å². The first kappa shape index (κ1) is 15.6. The molecule has 0 saturated heterocycles. The number of hydrogen-bond donors (Lipinski definition) is 3. The van der Waals surface area contributed by atoms with Gasteiger partial charge in [0, 0.05) is 11.4 Å². The zero-order valence-corrected chi connectivity index (χ0v) is 12.4. The minimum atomic E-state index is -0.602. The van der Waals surface area contributed by atoms with Gasteiger partial charge in [0.1, 0.15) is 16.7 Å². The van der Waals surface area contributed by atoms with Crippen molar-refractivity contribution >= 4 is 23.2 Å². The Kier molecular flexibility index (Phi) is 5.44. The van der Waals surface area contributed by atoms with E-state index in [0.717, 1.165) is 0 Å². The molecule has 0 aliphatic carbocycles. The molecule has 0 fully saturated rings. The molecule has 0 aromatic carbocycles. The third-order valence-electron chi connectivity index (χ3n) is 2.32. The lowest BCUT2D eigenvalue weighted by Crippen LogP contribution is -2.46. The maximum atomic E-state index is 11.9.